The highest BCUT2D eigenvalue weighted by atomic mass is 35.5. The predicted octanol–water partition coefficient (Wildman–Crippen LogP) is 2.95. The number of halogens is 3. The molecule has 1 aliphatic rings. The summed E-state index contributed by atoms with van der Waals surface area (Å²) >= 11 is 0. The fourth-order valence-corrected chi connectivity index (χ4v) is 2.60. The average Bonchev–Trinajstić information content (AvgIpc) is 2.28. The Bertz CT molecular complexity index is 384. The van der Waals surface area contributed by atoms with Crippen LogP contribution in [0.3, 0.4) is 0 Å². The molecule has 5 heteroatoms. The van der Waals surface area contributed by atoms with Gasteiger partial charge in [-0.1, -0.05) is 0 Å². The van der Waals surface area contributed by atoms with Crippen molar-refractivity contribution in [2.45, 2.75) is 32.4 Å². The standard InChI is InChI=1S/C14H20F2N2.ClH/c1-10(17)12-2-4-18(5-3-12)9-11-6-13(15)8-14(16)7-11;/h6-8,10,12H,2-5,9,17H2,1H3;1H. The van der Waals surface area contributed by atoms with Crippen LogP contribution < -0.4 is 5.73 Å². The quantitative estimate of drug-likeness (QED) is 0.927. The molecule has 1 heterocycles. The van der Waals surface area contributed by atoms with E-state index in [1.54, 1.807) is 0 Å². The van der Waals surface area contributed by atoms with Crippen molar-refractivity contribution in [2.24, 2.45) is 11.7 Å². The fraction of sp³-hybridized carbons (Fsp3) is 0.571. The first-order valence-corrected chi connectivity index (χ1v) is 6.47. The van der Waals surface area contributed by atoms with Crippen molar-refractivity contribution >= 4 is 12.4 Å². The summed E-state index contributed by atoms with van der Waals surface area (Å²) in [5.74, 6) is -0.434. The first kappa shape index (κ1) is 16.3. The number of piperidine rings is 1. The van der Waals surface area contributed by atoms with Crippen LogP contribution in [0.5, 0.6) is 0 Å². The van der Waals surface area contributed by atoms with E-state index in [1.807, 2.05) is 6.92 Å². The highest BCUT2D eigenvalue weighted by Crippen LogP contribution is 2.21. The minimum Gasteiger partial charge on any atom is -0.328 e. The molecule has 19 heavy (non-hydrogen) atoms. The van der Waals surface area contributed by atoms with Crippen molar-refractivity contribution in [3.8, 4) is 0 Å². The van der Waals surface area contributed by atoms with E-state index in [4.69, 9.17) is 5.73 Å². The van der Waals surface area contributed by atoms with E-state index in [-0.39, 0.29) is 18.4 Å². The fourth-order valence-electron chi connectivity index (χ4n) is 2.60. The second kappa shape index (κ2) is 7.17. The molecular weight excluding hydrogens is 270 g/mol. The Labute approximate surface area is 119 Å². The molecule has 0 radical (unpaired) electrons. The van der Waals surface area contributed by atoms with Gasteiger partial charge < -0.3 is 5.73 Å². The van der Waals surface area contributed by atoms with Crippen molar-refractivity contribution in [3.05, 3.63) is 35.4 Å². The average molecular weight is 291 g/mol. The molecule has 0 aromatic heterocycles. The Morgan fingerprint density at radius 3 is 2.21 bits per heavy atom. The van der Waals surface area contributed by atoms with E-state index in [0.29, 0.717) is 18.0 Å². The number of hydrogen-bond donors (Lipinski definition) is 1. The Morgan fingerprint density at radius 1 is 1.21 bits per heavy atom. The second-order valence-corrected chi connectivity index (χ2v) is 5.25. The lowest BCUT2D eigenvalue weighted by Crippen LogP contribution is -2.39. The first-order chi connectivity index (χ1) is 8.54. The molecule has 1 atom stereocenters. The number of rotatable bonds is 3. The van der Waals surface area contributed by atoms with E-state index >= 15 is 0 Å². The van der Waals surface area contributed by atoms with Crippen molar-refractivity contribution in [1.29, 1.82) is 0 Å². The van der Waals surface area contributed by atoms with E-state index in [2.05, 4.69) is 4.90 Å². The number of nitrogens with zero attached hydrogens (tertiary/aromatic N) is 1. The zero-order chi connectivity index (χ0) is 13.1. The van der Waals surface area contributed by atoms with Gasteiger partial charge in [0, 0.05) is 18.7 Å². The molecule has 0 aliphatic carbocycles. The predicted molar refractivity (Wildman–Crippen MR) is 75.3 cm³/mol. The lowest BCUT2D eigenvalue weighted by Gasteiger charge is -2.33. The van der Waals surface area contributed by atoms with E-state index in [0.717, 1.165) is 32.0 Å². The molecule has 2 nitrogen and oxygen atoms in total. The summed E-state index contributed by atoms with van der Waals surface area (Å²) < 4.78 is 26.2. The summed E-state index contributed by atoms with van der Waals surface area (Å²) in [7, 11) is 0. The molecule has 1 unspecified atom stereocenters. The van der Waals surface area contributed by atoms with Crippen molar-refractivity contribution in [3.63, 3.8) is 0 Å². The highest BCUT2D eigenvalue weighted by Gasteiger charge is 2.21. The van der Waals surface area contributed by atoms with E-state index in [9.17, 15) is 8.78 Å². The van der Waals surface area contributed by atoms with Crippen molar-refractivity contribution in [1.82, 2.24) is 4.90 Å². The Balaban J connectivity index is 0.00000180. The van der Waals surface area contributed by atoms with E-state index in [1.165, 1.54) is 12.1 Å². The Kier molecular flexibility index (Phi) is 6.17. The van der Waals surface area contributed by atoms with Gasteiger partial charge in [-0.05, 0) is 56.5 Å². The Morgan fingerprint density at radius 2 is 1.74 bits per heavy atom. The minimum absolute atomic E-state index is 0. The summed E-state index contributed by atoms with van der Waals surface area (Å²) in [6, 6.07) is 3.95. The SMILES string of the molecule is CC(N)C1CCN(Cc2cc(F)cc(F)c2)CC1.Cl. The van der Waals surface area contributed by atoms with Crippen LogP contribution in [0.2, 0.25) is 0 Å². The topological polar surface area (TPSA) is 29.3 Å². The summed E-state index contributed by atoms with van der Waals surface area (Å²) in [5, 5.41) is 0. The van der Waals surface area contributed by atoms with Crippen LogP contribution in [0.15, 0.2) is 18.2 Å². The number of nitrogens with two attached hydrogens (primary N) is 1. The van der Waals surface area contributed by atoms with Gasteiger partial charge in [-0.25, -0.2) is 8.78 Å². The molecule has 2 N–H and O–H groups in total. The third-order valence-electron chi connectivity index (χ3n) is 3.70. The normalized spacial score (nSPS) is 18.9. The molecule has 1 fully saturated rings. The maximum atomic E-state index is 13.1. The zero-order valence-electron chi connectivity index (χ0n) is 11.1. The first-order valence-electron chi connectivity index (χ1n) is 6.47. The van der Waals surface area contributed by atoms with Gasteiger partial charge in [-0.15, -0.1) is 12.4 Å². The molecule has 2 rings (SSSR count). The second-order valence-electron chi connectivity index (χ2n) is 5.25. The number of benzene rings is 1. The van der Waals surface area contributed by atoms with Crippen LogP contribution >= 0.6 is 12.4 Å². The molecule has 0 spiro atoms. The van der Waals surface area contributed by atoms with Crippen LogP contribution in [0.4, 0.5) is 8.78 Å². The van der Waals surface area contributed by atoms with Gasteiger partial charge in [0.15, 0.2) is 0 Å². The van der Waals surface area contributed by atoms with Gasteiger partial charge in [0.1, 0.15) is 11.6 Å². The van der Waals surface area contributed by atoms with Gasteiger partial charge in [0.05, 0.1) is 0 Å². The van der Waals surface area contributed by atoms with E-state index < -0.39 is 11.6 Å². The molecule has 1 saturated heterocycles. The molecule has 1 aromatic rings. The summed E-state index contributed by atoms with van der Waals surface area (Å²) in [5.41, 5.74) is 6.59. The van der Waals surface area contributed by atoms with Crippen LogP contribution in [-0.2, 0) is 6.54 Å². The van der Waals surface area contributed by atoms with Gasteiger partial charge in [0.2, 0.25) is 0 Å². The third kappa shape index (κ3) is 4.71. The van der Waals surface area contributed by atoms with Crippen LogP contribution in [-0.4, -0.2) is 24.0 Å². The number of hydrogen-bond acceptors (Lipinski definition) is 2. The Hall–Kier alpha value is -0.710. The molecule has 0 saturated carbocycles. The largest absolute Gasteiger partial charge is 0.328 e. The molecule has 0 bridgehead atoms. The summed E-state index contributed by atoms with van der Waals surface area (Å²) in [6.45, 7) is 4.55. The zero-order valence-corrected chi connectivity index (χ0v) is 11.9. The number of likely N-dealkylation sites (tertiary alicyclic amines) is 1. The highest BCUT2D eigenvalue weighted by molar-refractivity contribution is 5.85. The van der Waals surface area contributed by atoms with Crippen molar-refractivity contribution < 1.29 is 8.78 Å². The maximum Gasteiger partial charge on any atom is 0.126 e. The van der Waals surface area contributed by atoms with Gasteiger partial charge in [-0.3, -0.25) is 4.90 Å². The van der Waals surface area contributed by atoms with Crippen LogP contribution in [0, 0.1) is 17.6 Å². The van der Waals surface area contributed by atoms with Gasteiger partial charge in [0.25, 0.3) is 0 Å². The van der Waals surface area contributed by atoms with Crippen LogP contribution in [0.25, 0.3) is 0 Å². The third-order valence-corrected chi connectivity index (χ3v) is 3.70. The van der Waals surface area contributed by atoms with Gasteiger partial charge >= 0.3 is 0 Å². The smallest absolute Gasteiger partial charge is 0.126 e. The van der Waals surface area contributed by atoms with Crippen LogP contribution in [0.1, 0.15) is 25.3 Å². The van der Waals surface area contributed by atoms with Gasteiger partial charge in [-0.2, -0.15) is 0 Å². The summed E-state index contributed by atoms with van der Waals surface area (Å²) in [4.78, 5) is 2.23. The molecule has 108 valence electrons. The maximum absolute atomic E-state index is 13.1. The molecular formula is C14H21ClF2N2. The lowest BCUT2D eigenvalue weighted by atomic mass is 9.91. The molecule has 0 amide bonds. The summed E-state index contributed by atoms with van der Waals surface area (Å²) in [6.07, 6.45) is 2.13. The monoisotopic (exact) mass is 290 g/mol. The molecule has 1 aromatic carbocycles. The van der Waals surface area contributed by atoms with Crippen molar-refractivity contribution in [2.75, 3.05) is 13.1 Å². The minimum atomic E-state index is -0.504. The lowest BCUT2D eigenvalue weighted by molar-refractivity contribution is 0.165. The molecule has 1 aliphatic heterocycles.